The van der Waals surface area contributed by atoms with E-state index in [-0.39, 0.29) is 10.6 Å². The Morgan fingerprint density at radius 2 is 1.37 bits per heavy atom. The van der Waals surface area contributed by atoms with Crippen LogP contribution in [0, 0.1) is 10.1 Å². The summed E-state index contributed by atoms with van der Waals surface area (Å²) in [5.41, 5.74) is 5.13. The number of para-hydroxylation sites is 1. The number of carboxylic acids is 2. The Bertz CT molecular complexity index is 1460. The average Bonchev–Trinajstić information content (AvgIpc) is 3.23. The van der Waals surface area contributed by atoms with Crippen molar-refractivity contribution in [1.82, 2.24) is 14.4 Å². The molecule has 1 fully saturated rings. The fraction of sp³-hybridized carbons (Fsp3) is 0.286. The number of aryl methyl sites for hydroxylation is 1. The molecule has 0 aliphatic carbocycles. The smallest absolute Gasteiger partial charge is 0.414 e. The number of nitrogens with zero attached hydrogens (tertiary/aromatic N) is 4. The van der Waals surface area contributed by atoms with Crippen molar-refractivity contribution >= 4 is 39.4 Å². The van der Waals surface area contributed by atoms with Crippen molar-refractivity contribution in [2.75, 3.05) is 26.2 Å². The molecule has 4 aromatic rings. The fourth-order valence-corrected chi connectivity index (χ4v) is 4.93. The number of nitro benzene ring substituents is 1. The van der Waals surface area contributed by atoms with E-state index < -0.39 is 11.9 Å². The van der Waals surface area contributed by atoms with Crippen LogP contribution < -0.4 is 0 Å². The lowest BCUT2D eigenvalue weighted by Gasteiger charge is -2.34. The molecule has 198 valence electrons. The molecule has 0 bridgehead atoms. The minimum Gasteiger partial charge on any atom is -0.473 e. The molecule has 0 spiro atoms. The zero-order valence-electron chi connectivity index (χ0n) is 21.1. The van der Waals surface area contributed by atoms with Crippen molar-refractivity contribution < 1.29 is 24.7 Å². The lowest BCUT2D eigenvalue weighted by atomic mass is 10.1. The molecule has 10 heteroatoms. The maximum absolute atomic E-state index is 11.0. The van der Waals surface area contributed by atoms with Crippen molar-refractivity contribution in [3.63, 3.8) is 0 Å². The summed E-state index contributed by atoms with van der Waals surface area (Å²) >= 11 is 0. The number of fused-ring (bicyclic) bond motifs is 3. The van der Waals surface area contributed by atoms with Gasteiger partial charge in [0.1, 0.15) is 0 Å². The predicted octanol–water partition coefficient (Wildman–Crippen LogP) is 4.20. The van der Waals surface area contributed by atoms with Gasteiger partial charge < -0.3 is 14.8 Å². The van der Waals surface area contributed by atoms with Gasteiger partial charge in [-0.05, 0) is 36.2 Å². The molecule has 0 saturated carbocycles. The van der Waals surface area contributed by atoms with Crippen molar-refractivity contribution in [1.29, 1.82) is 0 Å². The Hall–Kier alpha value is -4.28. The summed E-state index contributed by atoms with van der Waals surface area (Å²) in [6.45, 7) is 8.83. The molecule has 0 atom stereocenters. The van der Waals surface area contributed by atoms with Crippen LogP contribution in [0.4, 0.5) is 5.69 Å². The van der Waals surface area contributed by atoms with Gasteiger partial charge in [0.2, 0.25) is 0 Å². The Kier molecular flexibility index (Phi) is 8.35. The second-order valence-corrected chi connectivity index (χ2v) is 9.20. The van der Waals surface area contributed by atoms with Gasteiger partial charge in [-0.15, -0.1) is 0 Å². The van der Waals surface area contributed by atoms with E-state index in [9.17, 15) is 10.1 Å². The molecule has 0 amide bonds. The maximum Gasteiger partial charge on any atom is 0.414 e. The fourth-order valence-electron chi connectivity index (χ4n) is 4.93. The first-order valence-corrected chi connectivity index (χ1v) is 12.4. The first-order chi connectivity index (χ1) is 18.3. The number of benzene rings is 3. The average molecular weight is 519 g/mol. The molecule has 0 radical (unpaired) electrons. The summed E-state index contributed by atoms with van der Waals surface area (Å²) in [6.07, 6.45) is 0. The van der Waals surface area contributed by atoms with E-state index in [4.69, 9.17) is 19.8 Å². The van der Waals surface area contributed by atoms with Gasteiger partial charge in [-0.1, -0.05) is 36.4 Å². The van der Waals surface area contributed by atoms with Crippen LogP contribution in [0.3, 0.4) is 0 Å². The van der Waals surface area contributed by atoms with Crippen LogP contribution in [0.1, 0.15) is 18.1 Å². The Morgan fingerprint density at radius 1 is 0.789 bits per heavy atom. The van der Waals surface area contributed by atoms with Crippen LogP contribution in [-0.4, -0.2) is 67.6 Å². The number of hydrogen-bond acceptors (Lipinski definition) is 6. The molecule has 1 aromatic heterocycles. The Morgan fingerprint density at radius 3 is 1.95 bits per heavy atom. The van der Waals surface area contributed by atoms with Gasteiger partial charge in [0, 0.05) is 79.8 Å². The topological polar surface area (TPSA) is 129 Å². The number of carbonyl (C=O) groups is 2. The molecule has 1 aliphatic heterocycles. The number of piperazine rings is 1. The summed E-state index contributed by atoms with van der Waals surface area (Å²) in [6, 6.07) is 22.5. The van der Waals surface area contributed by atoms with Crippen LogP contribution in [0.2, 0.25) is 0 Å². The number of carboxylic acid groups (broad SMARTS) is 2. The highest BCUT2D eigenvalue weighted by molar-refractivity contribution is 6.27. The number of aromatic nitrogens is 1. The maximum atomic E-state index is 11.0. The third-order valence-corrected chi connectivity index (χ3v) is 6.73. The van der Waals surface area contributed by atoms with Crippen LogP contribution in [0.25, 0.3) is 21.8 Å². The third kappa shape index (κ3) is 6.16. The molecule has 38 heavy (non-hydrogen) atoms. The standard InChI is InChI=1S/C26H28N4O2.C2H2O4/c1-2-29-25-9-4-3-8-23(25)24-17-21(10-11-26(24)29)19-28-14-12-27(13-15-28)18-20-6-5-7-22(16-20)30(31)32;3-1(4)2(5)6/h3-11,16-17H,2,12-15,18-19H2,1H3;(H,3,4)(H,5,6). The van der Waals surface area contributed by atoms with Gasteiger partial charge in [-0.2, -0.15) is 0 Å². The van der Waals surface area contributed by atoms with E-state index in [1.54, 1.807) is 18.2 Å². The van der Waals surface area contributed by atoms with Gasteiger partial charge >= 0.3 is 11.9 Å². The molecule has 2 N–H and O–H groups in total. The predicted molar refractivity (Wildman–Crippen MR) is 144 cm³/mol. The van der Waals surface area contributed by atoms with Gasteiger partial charge in [0.15, 0.2) is 0 Å². The van der Waals surface area contributed by atoms with Crippen molar-refractivity contribution in [2.45, 2.75) is 26.6 Å². The SMILES string of the molecule is CCn1c2ccccc2c2cc(CN3CCN(Cc4cccc([N+](=O)[O-])c4)CC3)ccc21.O=C(O)C(=O)O. The first-order valence-electron chi connectivity index (χ1n) is 12.4. The van der Waals surface area contributed by atoms with Crippen molar-refractivity contribution in [3.8, 4) is 0 Å². The number of rotatable bonds is 6. The Balaban J connectivity index is 0.000000505. The van der Waals surface area contributed by atoms with E-state index in [2.05, 4.69) is 63.8 Å². The van der Waals surface area contributed by atoms with E-state index in [1.165, 1.54) is 27.4 Å². The summed E-state index contributed by atoms with van der Waals surface area (Å²) in [5, 5.41) is 28.5. The number of hydrogen-bond donors (Lipinski definition) is 2. The Labute approximate surface area is 219 Å². The van der Waals surface area contributed by atoms with Crippen molar-refractivity contribution in [2.24, 2.45) is 0 Å². The first kappa shape index (κ1) is 26.8. The molecule has 1 saturated heterocycles. The third-order valence-electron chi connectivity index (χ3n) is 6.73. The summed E-state index contributed by atoms with van der Waals surface area (Å²) in [7, 11) is 0. The summed E-state index contributed by atoms with van der Waals surface area (Å²) < 4.78 is 2.39. The van der Waals surface area contributed by atoms with Crippen LogP contribution in [-0.2, 0) is 29.2 Å². The van der Waals surface area contributed by atoms with E-state index >= 15 is 0 Å². The molecule has 0 unspecified atom stereocenters. The van der Waals surface area contributed by atoms with Crippen LogP contribution in [0.5, 0.6) is 0 Å². The lowest BCUT2D eigenvalue weighted by Crippen LogP contribution is -2.45. The van der Waals surface area contributed by atoms with Crippen LogP contribution >= 0.6 is 0 Å². The van der Waals surface area contributed by atoms with E-state index in [1.807, 2.05) is 6.07 Å². The quantitative estimate of drug-likeness (QED) is 0.221. The number of aliphatic carboxylic acids is 2. The molecule has 2 heterocycles. The highest BCUT2D eigenvalue weighted by Crippen LogP contribution is 2.30. The van der Waals surface area contributed by atoms with E-state index in [0.717, 1.165) is 51.4 Å². The monoisotopic (exact) mass is 518 g/mol. The highest BCUT2D eigenvalue weighted by atomic mass is 16.6. The zero-order chi connectivity index (χ0) is 27.2. The van der Waals surface area contributed by atoms with Gasteiger partial charge in [0.25, 0.3) is 5.69 Å². The normalized spacial score (nSPS) is 14.2. The largest absolute Gasteiger partial charge is 0.473 e. The minimum absolute atomic E-state index is 0.168. The lowest BCUT2D eigenvalue weighted by molar-refractivity contribution is -0.384. The molecule has 1 aliphatic rings. The molecule has 5 rings (SSSR count). The van der Waals surface area contributed by atoms with Gasteiger partial charge in [-0.3, -0.25) is 19.9 Å². The zero-order valence-corrected chi connectivity index (χ0v) is 21.1. The van der Waals surface area contributed by atoms with Gasteiger partial charge in [-0.25, -0.2) is 9.59 Å². The number of nitro groups is 1. The second-order valence-electron chi connectivity index (χ2n) is 9.20. The second kappa shape index (κ2) is 11.8. The molecular weight excluding hydrogens is 488 g/mol. The molecular formula is C28H30N4O6. The van der Waals surface area contributed by atoms with E-state index in [0.29, 0.717) is 0 Å². The van der Waals surface area contributed by atoms with Crippen molar-refractivity contribution in [3.05, 3.63) is 88.0 Å². The number of non-ortho nitro benzene ring substituents is 1. The molecule has 3 aromatic carbocycles. The van der Waals surface area contributed by atoms with Crippen LogP contribution in [0.15, 0.2) is 66.7 Å². The summed E-state index contributed by atoms with van der Waals surface area (Å²) in [4.78, 5) is 33.8. The highest BCUT2D eigenvalue weighted by Gasteiger charge is 2.19. The molecule has 10 nitrogen and oxygen atoms in total. The van der Waals surface area contributed by atoms with Gasteiger partial charge in [0.05, 0.1) is 4.92 Å². The minimum atomic E-state index is -1.82. The summed E-state index contributed by atoms with van der Waals surface area (Å²) in [5.74, 6) is -3.65.